The molecule has 2 aromatic rings. The highest BCUT2D eigenvalue weighted by Gasteiger charge is 2.14. The monoisotopic (exact) mass is 427 g/mol. The number of carbonyl (C=O) groups is 1. The number of methoxy groups -OCH3 is 1. The Kier molecular flexibility index (Phi) is 8.43. The summed E-state index contributed by atoms with van der Waals surface area (Å²) in [7, 11) is -2.15. The molecule has 0 amide bonds. The van der Waals surface area contributed by atoms with Gasteiger partial charge < -0.3 is 9.47 Å². The van der Waals surface area contributed by atoms with Crippen molar-refractivity contribution in [1.29, 1.82) is 0 Å². The van der Waals surface area contributed by atoms with Crippen molar-refractivity contribution in [2.24, 2.45) is 0 Å². The number of carbonyl (C=O) groups excluding carboxylic acids is 1. The quantitative estimate of drug-likeness (QED) is 0.360. The average molecular weight is 428 g/mol. The highest BCUT2D eigenvalue weighted by molar-refractivity contribution is 7.92. The molecule has 0 saturated heterocycles. The summed E-state index contributed by atoms with van der Waals surface area (Å²) in [5, 5.41) is 0. The van der Waals surface area contributed by atoms with Crippen molar-refractivity contribution in [3.8, 4) is 5.75 Å². The molecule has 1 N–H and O–H groups in total. The topological polar surface area (TPSA) is 81.7 Å². The highest BCUT2D eigenvalue weighted by atomic mass is 32.2. The standard InChI is InChI=1S/C23H25NO5S/c1-4-29-23(25)8-6-5-7-18(2)17-19-9-11-20(12-10-19)24-30(26,27)22-15-13-21(28-3)14-16-22/h5-17,24H,4H2,1-3H3. The van der Waals surface area contributed by atoms with E-state index in [-0.39, 0.29) is 10.9 Å². The second kappa shape index (κ2) is 11.0. The molecule has 0 aliphatic rings. The molecule has 0 spiro atoms. The normalized spacial score (nSPS) is 12.3. The van der Waals surface area contributed by atoms with Gasteiger partial charge in [-0.25, -0.2) is 13.2 Å². The van der Waals surface area contributed by atoms with Crippen LogP contribution < -0.4 is 9.46 Å². The number of hydrogen-bond acceptors (Lipinski definition) is 5. The molecule has 2 rings (SSSR count). The first-order valence-corrected chi connectivity index (χ1v) is 10.8. The minimum absolute atomic E-state index is 0.157. The molecule has 0 saturated carbocycles. The first kappa shape index (κ1) is 23.0. The summed E-state index contributed by atoms with van der Waals surface area (Å²) in [6, 6.07) is 13.2. The summed E-state index contributed by atoms with van der Waals surface area (Å²) >= 11 is 0. The first-order chi connectivity index (χ1) is 14.3. The molecule has 0 atom stereocenters. The number of anilines is 1. The zero-order valence-electron chi connectivity index (χ0n) is 17.2. The van der Waals surface area contributed by atoms with Crippen LogP contribution in [-0.4, -0.2) is 28.1 Å². The third kappa shape index (κ3) is 7.25. The number of rotatable bonds is 9. The van der Waals surface area contributed by atoms with Gasteiger partial charge in [0.05, 0.1) is 18.6 Å². The molecule has 0 unspecified atom stereocenters. The van der Waals surface area contributed by atoms with Gasteiger partial charge in [-0.15, -0.1) is 0 Å². The maximum Gasteiger partial charge on any atom is 0.330 e. The second-order valence-corrected chi connectivity index (χ2v) is 7.94. The predicted molar refractivity (Wildman–Crippen MR) is 119 cm³/mol. The van der Waals surface area contributed by atoms with Crippen LogP contribution in [0.5, 0.6) is 5.75 Å². The van der Waals surface area contributed by atoms with Crippen molar-refractivity contribution in [2.45, 2.75) is 18.7 Å². The van der Waals surface area contributed by atoms with Crippen molar-refractivity contribution >= 4 is 27.8 Å². The fourth-order valence-corrected chi connectivity index (χ4v) is 3.52. The number of allylic oxidation sites excluding steroid dienone is 4. The SMILES string of the molecule is CCOC(=O)C=CC=CC(C)=Cc1ccc(NS(=O)(=O)c2ccc(OC)cc2)cc1. The van der Waals surface area contributed by atoms with E-state index in [1.54, 1.807) is 43.3 Å². The van der Waals surface area contributed by atoms with Crippen molar-refractivity contribution in [1.82, 2.24) is 0 Å². The van der Waals surface area contributed by atoms with Crippen LogP contribution in [0.2, 0.25) is 0 Å². The smallest absolute Gasteiger partial charge is 0.330 e. The van der Waals surface area contributed by atoms with Gasteiger partial charge >= 0.3 is 5.97 Å². The Bertz CT molecular complexity index is 1030. The van der Waals surface area contributed by atoms with E-state index < -0.39 is 10.0 Å². The van der Waals surface area contributed by atoms with Crippen LogP contribution in [0, 0.1) is 0 Å². The van der Waals surface area contributed by atoms with Gasteiger partial charge in [-0.1, -0.05) is 42.0 Å². The van der Waals surface area contributed by atoms with E-state index in [9.17, 15) is 13.2 Å². The fourth-order valence-electron chi connectivity index (χ4n) is 2.46. The van der Waals surface area contributed by atoms with E-state index in [1.807, 2.05) is 31.2 Å². The van der Waals surface area contributed by atoms with Gasteiger partial charge in [0.25, 0.3) is 10.0 Å². The van der Waals surface area contributed by atoms with Crippen molar-refractivity contribution in [3.63, 3.8) is 0 Å². The number of sulfonamides is 1. The van der Waals surface area contributed by atoms with Gasteiger partial charge in [-0.2, -0.15) is 0 Å². The first-order valence-electron chi connectivity index (χ1n) is 9.31. The van der Waals surface area contributed by atoms with Crippen LogP contribution >= 0.6 is 0 Å². The molecule has 0 aliphatic carbocycles. The molecular formula is C23H25NO5S. The van der Waals surface area contributed by atoms with E-state index in [2.05, 4.69) is 4.72 Å². The molecule has 0 fully saturated rings. The number of esters is 1. The van der Waals surface area contributed by atoms with E-state index in [0.717, 1.165) is 11.1 Å². The average Bonchev–Trinajstić information content (AvgIpc) is 2.73. The predicted octanol–water partition coefficient (Wildman–Crippen LogP) is 4.57. The van der Waals surface area contributed by atoms with Crippen molar-refractivity contribution < 1.29 is 22.7 Å². The Hall–Kier alpha value is -3.32. The molecule has 0 radical (unpaired) electrons. The molecule has 2 aromatic carbocycles. The van der Waals surface area contributed by atoms with E-state index in [4.69, 9.17) is 9.47 Å². The third-order valence-corrected chi connectivity index (χ3v) is 5.31. The molecular weight excluding hydrogens is 402 g/mol. The lowest BCUT2D eigenvalue weighted by Crippen LogP contribution is -2.12. The molecule has 0 aliphatic heterocycles. The molecule has 0 heterocycles. The van der Waals surface area contributed by atoms with Crippen molar-refractivity contribution in [2.75, 3.05) is 18.4 Å². The minimum Gasteiger partial charge on any atom is -0.497 e. The van der Waals surface area contributed by atoms with Gasteiger partial charge in [0.2, 0.25) is 0 Å². The Morgan fingerprint density at radius 3 is 2.23 bits per heavy atom. The Morgan fingerprint density at radius 2 is 1.63 bits per heavy atom. The summed E-state index contributed by atoms with van der Waals surface area (Å²) < 4.78 is 37.4. The molecule has 30 heavy (non-hydrogen) atoms. The maximum atomic E-state index is 12.5. The van der Waals surface area contributed by atoms with E-state index in [1.165, 1.54) is 25.3 Å². The zero-order chi connectivity index (χ0) is 22.0. The second-order valence-electron chi connectivity index (χ2n) is 6.26. The molecule has 158 valence electrons. The number of benzene rings is 2. The van der Waals surface area contributed by atoms with Crippen LogP contribution in [0.25, 0.3) is 6.08 Å². The minimum atomic E-state index is -3.68. The Labute approximate surface area is 177 Å². The fraction of sp³-hybridized carbons (Fsp3) is 0.174. The third-order valence-electron chi connectivity index (χ3n) is 3.92. The zero-order valence-corrected chi connectivity index (χ0v) is 18.0. The number of ether oxygens (including phenoxy) is 2. The summed E-state index contributed by atoms with van der Waals surface area (Å²) in [6.07, 6.45) is 8.52. The molecule has 7 heteroatoms. The largest absolute Gasteiger partial charge is 0.497 e. The van der Waals surface area contributed by atoms with E-state index in [0.29, 0.717) is 18.0 Å². The lowest BCUT2D eigenvalue weighted by atomic mass is 10.1. The van der Waals surface area contributed by atoms with Gasteiger partial charge in [0.15, 0.2) is 0 Å². The summed E-state index contributed by atoms with van der Waals surface area (Å²) in [4.78, 5) is 11.4. The molecule has 0 bridgehead atoms. The summed E-state index contributed by atoms with van der Waals surface area (Å²) in [6.45, 7) is 4.02. The Balaban J connectivity index is 2.01. The lowest BCUT2D eigenvalue weighted by Gasteiger charge is -2.09. The van der Waals surface area contributed by atoms with Crippen LogP contribution in [0.4, 0.5) is 5.69 Å². The van der Waals surface area contributed by atoms with Crippen molar-refractivity contribution in [3.05, 3.63) is 84.0 Å². The molecule has 6 nitrogen and oxygen atoms in total. The maximum absolute atomic E-state index is 12.5. The summed E-state index contributed by atoms with van der Waals surface area (Å²) in [5.74, 6) is 0.211. The van der Waals surface area contributed by atoms with Crippen LogP contribution in [0.15, 0.2) is 83.3 Å². The highest BCUT2D eigenvalue weighted by Crippen LogP contribution is 2.20. The summed E-state index contributed by atoms with van der Waals surface area (Å²) in [5.41, 5.74) is 2.35. The lowest BCUT2D eigenvalue weighted by molar-refractivity contribution is -0.137. The van der Waals surface area contributed by atoms with Gasteiger partial charge in [0, 0.05) is 11.8 Å². The van der Waals surface area contributed by atoms with Crippen LogP contribution in [0.3, 0.4) is 0 Å². The van der Waals surface area contributed by atoms with Crippen LogP contribution in [0.1, 0.15) is 19.4 Å². The van der Waals surface area contributed by atoms with Crippen LogP contribution in [-0.2, 0) is 19.6 Å². The number of hydrogen-bond donors (Lipinski definition) is 1. The van der Waals surface area contributed by atoms with E-state index >= 15 is 0 Å². The van der Waals surface area contributed by atoms with Gasteiger partial charge in [0.1, 0.15) is 5.75 Å². The van der Waals surface area contributed by atoms with Gasteiger partial charge in [-0.05, 0) is 55.8 Å². The Morgan fingerprint density at radius 1 is 1.00 bits per heavy atom. The number of nitrogens with one attached hydrogen (secondary N) is 1. The van der Waals surface area contributed by atoms with Gasteiger partial charge in [-0.3, -0.25) is 4.72 Å². The molecule has 0 aromatic heterocycles.